The maximum Gasteiger partial charge on any atom is 0.338 e. The zero-order valence-corrected chi connectivity index (χ0v) is 34.1. The lowest BCUT2D eigenvalue weighted by Crippen LogP contribution is -2.51. The van der Waals surface area contributed by atoms with Crippen LogP contribution >= 0.6 is 0 Å². The van der Waals surface area contributed by atoms with Gasteiger partial charge in [0.05, 0.1) is 23.5 Å². The first-order chi connectivity index (χ1) is 25.5. The second-order valence-corrected chi connectivity index (χ2v) is 18.3. The molecule has 0 bridgehead atoms. The van der Waals surface area contributed by atoms with Crippen LogP contribution in [0.15, 0.2) is 70.4 Å². The van der Waals surface area contributed by atoms with Gasteiger partial charge >= 0.3 is 5.97 Å². The predicted molar refractivity (Wildman–Crippen MR) is 217 cm³/mol. The lowest BCUT2D eigenvalue weighted by molar-refractivity contribution is -0.0594. The van der Waals surface area contributed by atoms with Crippen LogP contribution in [0.1, 0.15) is 135 Å². The molecule has 0 amide bonds. The minimum absolute atomic E-state index is 0.0520. The van der Waals surface area contributed by atoms with Crippen LogP contribution in [0.2, 0.25) is 0 Å². The third-order valence-corrected chi connectivity index (χ3v) is 14.5. The number of unbranched alkanes of at least 4 members (excludes halogenated alkanes) is 1. The molecule has 4 aliphatic rings. The lowest BCUT2D eigenvalue weighted by atomic mass is 9.47. The van der Waals surface area contributed by atoms with Crippen molar-refractivity contribution in [1.29, 1.82) is 0 Å². The smallest absolute Gasteiger partial charge is 0.338 e. The fraction of sp³-hybridized carbons (Fsp3) is 0.681. The van der Waals surface area contributed by atoms with Gasteiger partial charge in [-0.25, -0.2) is 4.79 Å². The number of esters is 1. The highest BCUT2D eigenvalue weighted by Gasteiger charge is 2.59. The minimum Gasteiger partial charge on any atom is -0.494 e. The molecule has 6 nitrogen and oxygen atoms in total. The average molecular weight is 724 g/mol. The first kappa shape index (κ1) is 39.7. The number of rotatable bonds is 16. The van der Waals surface area contributed by atoms with Crippen molar-refractivity contribution in [2.24, 2.45) is 56.6 Å². The summed E-state index contributed by atoms with van der Waals surface area (Å²) >= 11 is 0. The minimum atomic E-state index is -0.239. The molecule has 2 aromatic rings. The van der Waals surface area contributed by atoms with Crippen LogP contribution in [0, 0.1) is 46.3 Å². The van der Waals surface area contributed by atoms with Crippen LogP contribution in [-0.2, 0) is 4.74 Å². The van der Waals surface area contributed by atoms with Crippen LogP contribution in [0.5, 0.6) is 5.75 Å². The van der Waals surface area contributed by atoms with Crippen molar-refractivity contribution in [2.45, 2.75) is 131 Å². The summed E-state index contributed by atoms with van der Waals surface area (Å²) in [5, 5.41) is 8.78. The zero-order chi connectivity index (χ0) is 37.6. The van der Waals surface area contributed by atoms with Gasteiger partial charge in [0.15, 0.2) is 0 Å². The van der Waals surface area contributed by atoms with E-state index >= 15 is 0 Å². The molecular weight excluding hydrogens is 655 g/mol. The Balaban J connectivity index is 0.980. The van der Waals surface area contributed by atoms with Gasteiger partial charge in [-0.2, -0.15) is 10.2 Å². The Morgan fingerprint density at radius 2 is 1.58 bits per heavy atom. The molecule has 8 unspecified atom stereocenters. The molecule has 3 fully saturated rings. The molecular formula is C47H69N3O3. The molecule has 4 aliphatic carbocycles. The van der Waals surface area contributed by atoms with E-state index in [1.807, 2.05) is 48.5 Å². The molecule has 2 aromatic carbocycles. The number of carbonyl (C=O) groups is 1. The summed E-state index contributed by atoms with van der Waals surface area (Å²) in [6.07, 6.45) is 18.7. The molecule has 0 heterocycles. The van der Waals surface area contributed by atoms with Crippen molar-refractivity contribution in [3.05, 3.63) is 65.7 Å². The van der Waals surface area contributed by atoms with Crippen molar-refractivity contribution >= 4 is 17.3 Å². The van der Waals surface area contributed by atoms with Gasteiger partial charge in [0.1, 0.15) is 11.9 Å². The molecule has 0 spiro atoms. The summed E-state index contributed by atoms with van der Waals surface area (Å²) in [7, 11) is 2.15. The maximum atomic E-state index is 13.3. The van der Waals surface area contributed by atoms with Gasteiger partial charge in [0.2, 0.25) is 0 Å². The van der Waals surface area contributed by atoms with E-state index in [1.165, 1.54) is 51.4 Å². The number of fused-ring (bicyclic) bond motifs is 5. The molecule has 3 saturated carbocycles. The van der Waals surface area contributed by atoms with Gasteiger partial charge in [-0.15, -0.1) is 0 Å². The highest BCUT2D eigenvalue weighted by Crippen LogP contribution is 2.67. The SMILES string of the molecule is CCN(C)CCCCOc1ccc(N=Nc2ccc(C(=O)OC3CCC4(C)C(=CCC5C4CCC4(C)C(C(C)CCCC(C)C)CCC54)C3)cc2)cc1. The van der Waals surface area contributed by atoms with Gasteiger partial charge < -0.3 is 14.4 Å². The highest BCUT2D eigenvalue weighted by molar-refractivity contribution is 5.89. The second kappa shape index (κ2) is 17.6. The number of hydrogen-bond donors (Lipinski definition) is 0. The van der Waals surface area contributed by atoms with Crippen molar-refractivity contribution in [2.75, 3.05) is 26.7 Å². The van der Waals surface area contributed by atoms with E-state index in [9.17, 15) is 4.79 Å². The number of carbonyl (C=O) groups excluding carboxylic acids is 1. The van der Waals surface area contributed by atoms with Crippen molar-refractivity contribution < 1.29 is 14.3 Å². The third-order valence-electron chi connectivity index (χ3n) is 14.5. The monoisotopic (exact) mass is 724 g/mol. The van der Waals surface area contributed by atoms with Crippen LogP contribution < -0.4 is 4.74 Å². The third kappa shape index (κ3) is 9.28. The number of nitrogens with zero attached hydrogens (tertiary/aromatic N) is 3. The number of azo groups is 1. The summed E-state index contributed by atoms with van der Waals surface area (Å²) in [5.74, 6) is 5.61. The molecule has 53 heavy (non-hydrogen) atoms. The van der Waals surface area contributed by atoms with Crippen molar-refractivity contribution in [3.63, 3.8) is 0 Å². The van der Waals surface area contributed by atoms with E-state index in [1.54, 1.807) is 5.57 Å². The Hall–Kier alpha value is -2.99. The van der Waals surface area contributed by atoms with Crippen molar-refractivity contribution in [1.82, 2.24) is 4.90 Å². The lowest BCUT2D eigenvalue weighted by Gasteiger charge is -2.58. The summed E-state index contributed by atoms with van der Waals surface area (Å²) in [6, 6.07) is 15.0. The normalized spacial score (nSPS) is 30.1. The van der Waals surface area contributed by atoms with E-state index < -0.39 is 0 Å². The van der Waals surface area contributed by atoms with Crippen molar-refractivity contribution in [3.8, 4) is 5.75 Å². The van der Waals surface area contributed by atoms with Crippen LogP contribution in [0.25, 0.3) is 0 Å². The summed E-state index contributed by atoms with van der Waals surface area (Å²) < 4.78 is 12.1. The highest BCUT2D eigenvalue weighted by atomic mass is 16.5. The molecule has 6 rings (SSSR count). The van der Waals surface area contributed by atoms with Crippen LogP contribution in [0.4, 0.5) is 11.4 Å². The standard InChI is InChI=1S/C47H69N3O3/c1-8-50(7)30-9-10-31-52-39-21-19-38(20-22-39)49-48-37-17-14-35(15-18-37)45(51)53-40-26-28-46(5)36(32-40)16-23-41-43-25-24-42(34(4)13-11-12-33(2)3)47(43,6)29-27-44(41)46/h14-22,33-34,40-44H,8-13,23-32H2,1-7H3. The van der Waals surface area contributed by atoms with Crippen LogP contribution in [-0.4, -0.2) is 43.7 Å². The average Bonchev–Trinajstić information content (AvgIpc) is 3.51. The molecule has 6 heteroatoms. The quantitative estimate of drug-likeness (QED) is 0.0748. The van der Waals surface area contributed by atoms with Gasteiger partial charge in [-0.1, -0.05) is 72.5 Å². The Bertz CT molecular complexity index is 1550. The first-order valence-electron chi connectivity index (χ1n) is 21.3. The number of benzene rings is 2. The second-order valence-electron chi connectivity index (χ2n) is 18.3. The van der Waals surface area contributed by atoms with E-state index in [0.29, 0.717) is 23.3 Å². The van der Waals surface area contributed by atoms with E-state index in [4.69, 9.17) is 9.47 Å². The largest absolute Gasteiger partial charge is 0.494 e. The summed E-state index contributed by atoms with van der Waals surface area (Å²) in [5.41, 5.74) is 4.35. The van der Waals surface area contributed by atoms with Crippen LogP contribution in [0.3, 0.4) is 0 Å². The Kier molecular flexibility index (Phi) is 13.2. The Morgan fingerprint density at radius 3 is 2.28 bits per heavy atom. The van der Waals surface area contributed by atoms with E-state index in [0.717, 1.165) is 92.1 Å². The first-order valence-corrected chi connectivity index (χ1v) is 21.3. The van der Waals surface area contributed by atoms with Gasteiger partial charge in [-0.05, 0) is 173 Å². The Labute approximate surface area is 321 Å². The molecule has 290 valence electrons. The van der Waals surface area contributed by atoms with E-state index in [2.05, 4.69) is 69.8 Å². The summed E-state index contributed by atoms with van der Waals surface area (Å²) in [4.78, 5) is 15.6. The molecule has 0 saturated heterocycles. The fourth-order valence-corrected chi connectivity index (χ4v) is 11.2. The number of ether oxygens (including phenoxy) is 2. The maximum absolute atomic E-state index is 13.3. The Morgan fingerprint density at radius 1 is 0.868 bits per heavy atom. The topological polar surface area (TPSA) is 63.5 Å². The van der Waals surface area contributed by atoms with E-state index in [-0.39, 0.29) is 17.5 Å². The van der Waals surface area contributed by atoms with Gasteiger partial charge in [0, 0.05) is 6.42 Å². The molecule has 0 radical (unpaired) electrons. The summed E-state index contributed by atoms with van der Waals surface area (Å²) in [6.45, 7) is 17.6. The molecule has 0 N–H and O–H groups in total. The molecule has 0 aromatic heterocycles. The fourth-order valence-electron chi connectivity index (χ4n) is 11.2. The molecule has 0 aliphatic heterocycles. The zero-order valence-electron chi connectivity index (χ0n) is 34.1. The van der Waals surface area contributed by atoms with Gasteiger partial charge in [0.25, 0.3) is 0 Å². The molecule has 8 atom stereocenters. The number of hydrogen-bond acceptors (Lipinski definition) is 6. The van der Waals surface area contributed by atoms with Gasteiger partial charge in [-0.3, -0.25) is 0 Å². The number of allylic oxidation sites excluding steroid dienone is 1. The predicted octanol–water partition coefficient (Wildman–Crippen LogP) is 12.8.